The molecule has 0 fully saturated rings. The zero-order valence-electron chi connectivity index (χ0n) is 9.56. The van der Waals surface area contributed by atoms with Crippen molar-refractivity contribution in [3.8, 4) is 0 Å². The van der Waals surface area contributed by atoms with Crippen LogP contribution in [0.3, 0.4) is 0 Å². The molecule has 2 heteroatoms. The first-order valence-electron chi connectivity index (χ1n) is 5.37. The minimum atomic E-state index is 0.425. The van der Waals surface area contributed by atoms with Gasteiger partial charge in [-0.3, -0.25) is 0 Å². The van der Waals surface area contributed by atoms with Crippen LogP contribution < -0.4 is 0 Å². The van der Waals surface area contributed by atoms with Crippen LogP contribution in [0.1, 0.15) is 59.8 Å². The molecule has 0 atom stereocenters. The van der Waals surface area contributed by atoms with Crippen LogP contribution in [-0.4, -0.2) is 10.5 Å². The summed E-state index contributed by atoms with van der Waals surface area (Å²) in [6.45, 7) is 9.11. The standard InChI is InChI=1S/C11H24S2/c1-5-6-7-8-9-10-12-13-11(2,3)4/h5-10H2,1-4H3. The van der Waals surface area contributed by atoms with E-state index in [-0.39, 0.29) is 0 Å². The fraction of sp³-hybridized carbons (Fsp3) is 1.00. The third kappa shape index (κ3) is 12.7. The van der Waals surface area contributed by atoms with E-state index < -0.39 is 0 Å². The molecule has 13 heavy (non-hydrogen) atoms. The van der Waals surface area contributed by atoms with E-state index in [4.69, 9.17) is 0 Å². The number of hydrogen-bond donors (Lipinski definition) is 0. The Morgan fingerprint density at radius 3 is 2.08 bits per heavy atom. The summed E-state index contributed by atoms with van der Waals surface area (Å²) >= 11 is 0. The highest BCUT2D eigenvalue weighted by Crippen LogP contribution is 2.35. The van der Waals surface area contributed by atoms with E-state index in [1.165, 1.54) is 37.9 Å². The molecule has 0 aliphatic heterocycles. The predicted octanol–water partition coefficient (Wildman–Crippen LogP) is 5.14. The summed E-state index contributed by atoms with van der Waals surface area (Å²) in [5.74, 6) is 1.33. The quantitative estimate of drug-likeness (QED) is 0.430. The molecular weight excluding hydrogens is 196 g/mol. The second-order valence-electron chi connectivity index (χ2n) is 4.43. The average Bonchev–Trinajstić information content (AvgIpc) is 2.01. The fourth-order valence-corrected chi connectivity index (χ4v) is 3.41. The van der Waals surface area contributed by atoms with Crippen molar-refractivity contribution >= 4 is 21.6 Å². The molecule has 0 aliphatic rings. The van der Waals surface area contributed by atoms with Crippen molar-refractivity contribution < 1.29 is 0 Å². The highest BCUT2D eigenvalue weighted by atomic mass is 33.1. The van der Waals surface area contributed by atoms with Gasteiger partial charge in [0.2, 0.25) is 0 Å². The van der Waals surface area contributed by atoms with Crippen LogP contribution >= 0.6 is 21.6 Å². The van der Waals surface area contributed by atoms with E-state index in [2.05, 4.69) is 27.7 Å². The number of unbranched alkanes of at least 4 members (excludes halogenated alkanes) is 4. The summed E-state index contributed by atoms with van der Waals surface area (Å²) in [5, 5.41) is 0. The van der Waals surface area contributed by atoms with E-state index in [1.807, 2.05) is 21.6 Å². The Kier molecular flexibility index (Phi) is 8.48. The molecular formula is C11H24S2. The largest absolute Gasteiger partial charge is 0.0936 e. The lowest BCUT2D eigenvalue weighted by Crippen LogP contribution is -2.04. The van der Waals surface area contributed by atoms with Crippen molar-refractivity contribution in [3.63, 3.8) is 0 Å². The Labute approximate surface area is 92.0 Å². The first kappa shape index (κ1) is 13.7. The molecule has 0 spiro atoms. The van der Waals surface area contributed by atoms with Crippen molar-refractivity contribution in [1.82, 2.24) is 0 Å². The lowest BCUT2D eigenvalue weighted by molar-refractivity contribution is 0.660. The maximum atomic E-state index is 2.28. The molecule has 0 unspecified atom stereocenters. The zero-order chi connectivity index (χ0) is 10.2. The van der Waals surface area contributed by atoms with Gasteiger partial charge in [0, 0.05) is 10.5 Å². The summed E-state index contributed by atoms with van der Waals surface area (Å²) in [6, 6.07) is 0. The lowest BCUT2D eigenvalue weighted by Gasteiger charge is -2.15. The fourth-order valence-electron chi connectivity index (χ4n) is 0.983. The SMILES string of the molecule is CCCCCCCSSC(C)(C)C. The van der Waals surface area contributed by atoms with Gasteiger partial charge >= 0.3 is 0 Å². The first-order chi connectivity index (χ1) is 6.06. The summed E-state index contributed by atoms with van der Waals surface area (Å²) < 4.78 is 0.425. The number of rotatable bonds is 7. The van der Waals surface area contributed by atoms with Gasteiger partial charge in [-0.2, -0.15) is 0 Å². The lowest BCUT2D eigenvalue weighted by atomic mass is 10.2. The van der Waals surface area contributed by atoms with Crippen molar-refractivity contribution in [2.45, 2.75) is 64.5 Å². The molecule has 0 aromatic carbocycles. The molecule has 0 radical (unpaired) electrons. The Bertz CT molecular complexity index is 105. The van der Waals surface area contributed by atoms with E-state index >= 15 is 0 Å². The average molecular weight is 220 g/mol. The molecule has 0 nitrogen and oxygen atoms in total. The maximum Gasteiger partial charge on any atom is 0.0179 e. The summed E-state index contributed by atoms with van der Waals surface area (Å²) in [6.07, 6.45) is 7.01. The maximum absolute atomic E-state index is 2.28. The smallest absolute Gasteiger partial charge is 0.0179 e. The molecule has 0 aromatic rings. The van der Waals surface area contributed by atoms with E-state index in [0.717, 1.165) is 0 Å². The Morgan fingerprint density at radius 1 is 0.923 bits per heavy atom. The van der Waals surface area contributed by atoms with Crippen LogP contribution in [0.5, 0.6) is 0 Å². The van der Waals surface area contributed by atoms with E-state index in [1.54, 1.807) is 0 Å². The van der Waals surface area contributed by atoms with Crippen LogP contribution in [0.25, 0.3) is 0 Å². The van der Waals surface area contributed by atoms with Crippen LogP contribution in [0.15, 0.2) is 0 Å². The van der Waals surface area contributed by atoms with Gasteiger partial charge < -0.3 is 0 Å². The molecule has 0 saturated carbocycles. The van der Waals surface area contributed by atoms with Crippen LogP contribution in [-0.2, 0) is 0 Å². The van der Waals surface area contributed by atoms with Crippen LogP contribution in [0.2, 0.25) is 0 Å². The second kappa shape index (κ2) is 8.05. The normalized spacial score (nSPS) is 12.0. The van der Waals surface area contributed by atoms with Crippen LogP contribution in [0.4, 0.5) is 0 Å². The third-order valence-corrected chi connectivity index (χ3v) is 5.07. The molecule has 0 bridgehead atoms. The van der Waals surface area contributed by atoms with Gasteiger partial charge in [-0.15, -0.1) is 0 Å². The van der Waals surface area contributed by atoms with Crippen molar-refractivity contribution in [2.75, 3.05) is 5.75 Å². The van der Waals surface area contributed by atoms with Crippen molar-refractivity contribution in [1.29, 1.82) is 0 Å². The van der Waals surface area contributed by atoms with Crippen LogP contribution in [0, 0.1) is 0 Å². The van der Waals surface area contributed by atoms with Gasteiger partial charge in [-0.1, -0.05) is 75.0 Å². The predicted molar refractivity (Wildman–Crippen MR) is 68.6 cm³/mol. The molecule has 80 valence electrons. The molecule has 0 saturated heterocycles. The summed E-state index contributed by atoms with van der Waals surface area (Å²) in [7, 11) is 4.05. The highest BCUT2D eigenvalue weighted by molar-refractivity contribution is 8.77. The molecule has 0 N–H and O–H groups in total. The van der Waals surface area contributed by atoms with Gasteiger partial charge in [0.1, 0.15) is 0 Å². The minimum absolute atomic E-state index is 0.425. The van der Waals surface area contributed by atoms with Crippen molar-refractivity contribution in [2.24, 2.45) is 0 Å². The van der Waals surface area contributed by atoms with E-state index in [9.17, 15) is 0 Å². The van der Waals surface area contributed by atoms with E-state index in [0.29, 0.717) is 4.75 Å². The summed E-state index contributed by atoms with van der Waals surface area (Å²) in [5.41, 5.74) is 0. The van der Waals surface area contributed by atoms with Gasteiger partial charge in [0.05, 0.1) is 0 Å². The second-order valence-corrected chi connectivity index (χ2v) is 7.67. The molecule has 0 amide bonds. The zero-order valence-corrected chi connectivity index (χ0v) is 11.2. The molecule has 0 rings (SSSR count). The molecule has 0 aliphatic carbocycles. The van der Waals surface area contributed by atoms with Gasteiger partial charge in [0.15, 0.2) is 0 Å². The molecule has 0 heterocycles. The first-order valence-corrected chi connectivity index (χ1v) is 7.69. The molecule has 0 aromatic heterocycles. The van der Waals surface area contributed by atoms with Gasteiger partial charge in [-0.05, 0) is 6.42 Å². The number of hydrogen-bond acceptors (Lipinski definition) is 2. The summed E-state index contributed by atoms with van der Waals surface area (Å²) in [4.78, 5) is 0. The third-order valence-electron chi connectivity index (χ3n) is 1.64. The van der Waals surface area contributed by atoms with Gasteiger partial charge in [0.25, 0.3) is 0 Å². The Balaban J connectivity index is 3.00. The van der Waals surface area contributed by atoms with Gasteiger partial charge in [-0.25, -0.2) is 0 Å². The Morgan fingerprint density at radius 2 is 1.54 bits per heavy atom. The Hall–Kier alpha value is 0.700. The minimum Gasteiger partial charge on any atom is -0.0936 e. The topological polar surface area (TPSA) is 0 Å². The highest BCUT2D eigenvalue weighted by Gasteiger charge is 2.09. The monoisotopic (exact) mass is 220 g/mol. The van der Waals surface area contributed by atoms with Crippen molar-refractivity contribution in [3.05, 3.63) is 0 Å².